The number of aromatic nitrogens is 2. The maximum atomic E-state index is 13.6. The second-order valence-corrected chi connectivity index (χ2v) is 9.27. The average molecular weight is 537 g/mol. The van der Waals surface area contributed by atoms with Gasteiger partial charge in [-0.15, -0.1) is 0 Å². The molecular weight excluding hydrogens is 504 g/mol. The van der Waals surface area contributed by atoms with Crippen LogP contribution in [0, 0.1) is 18.3 Å². The molecule has 204 valence electrons. The van der Waals surface area contributed by atoms with E-state index in [1.807, 2.05) is 74.6 Å². The molecule has 8 heteroatoms. The first-order valence-corrected chi connectivity index (χ1v) is 13.2. The first kappa shape index (κ1) is 28.3. The van der Waals surface area contributed by atoms with E-state index in [0.717, 1.165) is 21.7 Å². The monoisotopic (exact) mass is 536 g/mol. The van der Waals surface area contributed by atoms with Crippen LogP contribution in [0.3, 0.4) is 0 Å². The highest BCUT2D eigenvalue weighted by Gasteiger charge is 2.35. The molecule has 40 heavy (non-hydrogen) atoms. The van der Waals surface area contributed by atoms with Crippen molar-refractivity contribution in [3.63, 3.8) is 0 Å². The molecule has 0 unspecified atom stereocenters. The van der Waals surface area contributed by atoms with Crippen LogP contribution in [0.25, 0.3) is 23.0 Å². The van der Waals surface area contributed by atoms with E-state index in [1.165, 1.54) is 0 Å². The largest absolute Gasteiger partial charge is 0.490 e. The quantitative estimate of drug-likeness (QED) is 0.140. The number of hydrogen-bond acceptors (Lipinski definition) is 6. The van der Waals surface area contributed by atoms with E-state index in [9.17, 15) is 14.9 Å². The topological polar surface area (TPSA) is 97.4 Å². The van der Waals surface area contributed by atoms with Crippen molar-refractivity contribution in [1.29, 1.82) is 5.26 Å². The maximum absolute atomic E-state index is 13.6. The number of nitrogens with zero attached hydrogens (tertiary/aromatic N) is 4. The van der Waals surface area contributed by atoms with Crippen molar-refractivity contribution in [3.8, 4) is 28.8 Å². The second-order valence-electron chi connectivity index (χ2n) is 9.27. The number of carbonyl (C=O) groups excluding carboxylic acids is 2. The molecule has 3 aromatic rings. The SMILES string of the molecule is C=CCOc1ccc(-c2nn(-c3ccccc3)cc2/C=C2/C(=O)N(CCCOCC)C(=O)C(C#N)=C2C)c(C)c1. The van der Waals surface area contributed by atoms with E-state index < -0.39 is 11.8 Å². The Bertz CT molecular complexity index is 1530. The van der Waals surface area contributed by atoms with E-state index in [-0.39, 0.29) is 17.7 Å². The summed E-state index contributed by atoms with van der Waals surface area (Å²) < 4.78 is 12.8. The number of carbonyl (C=O) groups is 2. The maximum Gasteiger partial charge on any atom is 0.271 e. The Morgan fingerprint density at radius 2 is 1.88 bits per heavy atom. The van der Waals surface area contributed by atoms with Crippen LogP contribution in [0.15, 0.2) is 84.1 Å². The zero-order valence-electron chi connectivity index (χ0n) is 23.0. The number of ether oxygens (including phenoxy) is 2. The molecular formula is C32H32N4O4. The van der Waals surface area contributed by atoms with Crippen molar-refractivity contribution in [2.75, 3.05) is 26.4 Å². The molecule has 0 atom stereocenters. The Morgan fingerprint density at radius 1 is 1.10 bits per heavy atom. The van der Waals surface area contributed by atoms with Gasteiger partial charge in [-0.05, 0) is 74.7 Å². The van der Waals surface area contributed by atoms with Gasteiger partial charge in [-0.1, -0.05) is 30.9 Å². The van der Waals surface area contributed by atoms with Gasteiger partial charge in [0.1, 0.15) is 29.7 Å². The highest BCUT2D eigenvalue weighted by molar-refractivity contribution is 6.19. The summed E-state index contributed by atoms with van der Waals surface area (Å²) in [6, 6.07) is 17.4. The van der Waals surface area contributed by atoms with E-state index >= 15 is 0 Å². The van der Waals surface area contributed by atoms with Crippen LogP contribution in [0.4, 0.5) is 0 Å². The van der Waals surface area contributed by atoms with Crippen molar-refractivity contribution in [2.24, 2.45) is 0 Å². The Kier molecular flexibility index (Phi) is 9.10. The van der Waals surface area contributed by atoms with E-state index in [2.05, 4.69) is 6.58 Å². The van der Waals surface area contributed by atoms with Gasteiger partial charge >= 0.3 is 0 Å². The first-order chi connectivity index (χ1) is 19.4. The van der Waals surface area contributed by atoms with Gasteiger partial charge in [0, 0.05) is 42.7 Å². The summed E-state index contributed by atoms with van der Waals surface area (Å²) in [6.45, 7) is 10.7. The van der Waals surface area contributed by atoms with E-state index in [0.29, 0.717) is 48.8 Å². The van der Waals surface area contributed by atoms with Crippen molar-refractivity contribution >= 4 is 17.9 Å². The van der Waals surface area contributed by atoms with Gasteiger partial charge in [0.2, 0.25) is 0 Å². The van der Waals surface area contributed by atoms with Gasteiger partial charge in [0.05, 0.1) is 5.69 Å². The number of para-hydroxylation sites is 1. The molecule has 2 aromatic carbocycles. The Balaban J connectivity index is 1.83. The number of benzene rings is 2. The molecule has 0 spiro atoms. The van der Waals surface area contributed by atoms with Gasteiger partial charge in [-0.25, -0.2) is 4.68 Å². The molecule has 0 N–H and O–H groups in total. The molecule has 4 rings (SSSR count). The van der Waals surface area contributed by atoms with Crippen LogP contribution < -0.4 is 4.74 Å². The third-order valence-electron chi connectivity index (χ3n) is 6.58. The normalized spacial score (nSPS) is 14.6. The predicted octanol–water partition coefficient (Wildman–Crippen LogP) is 5.43. The molecule has 1 aliphatic rings. The minimum atomic E-state index is -0.579. The van der Waals surface area contributed by atoms with Crippen LogP contribution >= 0.6 is 0 Å². The van der Waals surface area contributed by atoms with Crippen LogP contribution in [0.1, 0.15) is 31.4 Å². The summed E-state index contributed by atoms with van der Waals surface area (Å²) in [7, 11) is 0. The van der Waals surface area contributed by atoms with Crippen molar-refractivity contribution in [1.82, 2.24) is 14.7 Å². The van der Waals surface area contributed by atoms with Gasteiger partial charge < -0.3 is 9.47 Å². The van der Waals surface area contributed by atoms with Gasteiger partial charge in [0.15, 0.2) is 0 Å². The number of hydrogen-bond donors (Lipinski definition) is 0. The summed E-state index contributed by atoms with van der Waals surface area (Å²) in [5.41, 5.74) is 4.57. The highest BCUT2D eigenvalue weighted by Crippen LogP contribution is 2.33. The van der Waals surface area contributed by atoms with Crippen molar-refractivity contribution in [3.05, 3.63) is 95.2 Å². The number of rotatable bonds is 11. The molecule has 0 saturated heterocycles. The fourth-order valence-electron chi connectivity index (χ4n) is 4.52. The van der Waals surface area contributed by atoms with Crippen LogP contribution in [0.2, 0.25) is 0 Å². The summed E-state index contributed by atoms with van der Waals surface area (Å²) in [5, 5.41) is 14.7. The van der Waals surface area contributed by atoms with Gasteiger partial charge in [-0.2, -0.15) is 10.4 Å². The Hall–Kier alpha value is -4.74. The summed E-state index contributed by atoms with van der Waals surface area (Å²) in [5.74, 6) is -0.309. The lowest BCUT2D eigenvalue weighted by Gasteiger charge is -2.27. The smallest absolute Gasteiger partial charge is 0.271 e. The van der Waals surface area contributed by atoms with Crippen molar-refractivity contribution < 1.29 is 19.1 Å². The van der Waals surface area contributed by atoms with E-state index in [4.69, 9.17) is 14.6 Å². The van der Waals surface area contributed by atoms with Crippen molar-refractivity contribution in [2.45, 2.75) is 27.2 Å². The molecule has 0 radical (unpaired) electrons. The zero-order valence-corrected chi connectivity index (χ0v) is 23.0. The number of imide groups is 1. The van der Waals surface area contributed by atoms with Crippen LogP contribution in [-0.2, 0) is 14.3 Å². The number of amides is 2. The molecule has 0 saturated carbocycles. The standard InChI is InChI=1S/C32H32N4O4/c1-5-16-40-26-13-14-27(22(3)18-26)30-24(21-36(34-30)25-11-8-7-9-12-25)19-28-23(4)29(20-33)32(38)35(31(28)37)15-10-17-39-6-2/h5,7-9,11-14,18-19,21H,1,6,10,15-17H2,2-4H3/b28-19+. The molecule has 8 nitrogen and oxygen atoms in total. The summed E-state index contributed by atoms with van der Waals surface area (Å²) in [4.78, 5) is 27.7. The lowest BCUT2D eigenvalue weighted by atomic mass is 9.92. The van der Waals surface area contributed by atoms with Crippen LogP contribution in [-0.4, -0.2) is 52.9 Å². The highest BCUT2D eigenvalue weighted by atomic mass is 16.5. The minimum absolute atomic E-state index is 0.0424. The molecule has 0 fully saturated rings. The Labute approximate surface area is 234 Å². The lowest BCUT2D eigenvalue weighted by molar-refractivity contribution is -0.140. The molecule has 0 aliphatic carbocycles. The predicted molar refractivity (Wildman–Crippen MR) is 154 cm³/mol. The zero-order chi connectivity index (χ0) is 28.6. The molecule has 0 bridgehead atoms. The molecule has 2 heterocycles. The van der Waals surface area contributed by atoms with E-state index in [1.54, 1.807) is 23.8 Å². The fraction of sp³-hybridized carbons (Fsp3) is 0.250. The molecule has 1 aromatic heterocycles. The summed E-state index contributed by atoms with van der Waals surface area (Å²) >= 11 is 0. The molecule has 1 aliphatic heterocycles. The average Bonchev–Trinajstić information content (AvgIpc) is 3.38. The molecule has 2 amide bonds. The summed E-state index contributed by atoms with van der Waals surface area (Å²) in [6.07, 6.45) is 5.74. The lowest BCUT2D eigenvalue weighted by Crippen LogP contribution is -2.43. The second kappa shape index (κ2) is 12.9. The fourth-order valence-corrected chi connectivity index (χ4v) is 4.52. The number of nitriles is 1. The Morgan fingerprint density at radius 3 is 2.55 bits per heavy atom. The van der Waals surface area contributed by atoms with Gasteiger partial charge in [-0.3, -0.25) is 14.5 Å². The first-order valence-electron chi connectivity index (χ1n) is 13.2. The van der Waals surface area contributed by atoms with Crippen LogP contribution in [0.5, 0.6) is 5.75 Å². The van der Waals surface area contributed by atoms with Gasteiger partial charge in [0.25, 0.3) is 11.8 Å². The number of aryl methyl sites for hydroxylation is 1. The third kappa shape index (κ3) is 5.95. The minimum Gasteiger partial charge on any atom is -0.490 e. The third-order valence-corrected chi connectivity index (χ3v) is 6.58.